The van der Waals surface area contributed by atoms with Crippen molar-refractivity contribution in [1.29, 1.82) is 0 Å². The molecule has 4 saturated carbocycles. The van der Waals surface area contributed by atoms with Crippen molar-refractivity contribution < 1.29 is 104 Å². The third-order valence-electron chi connectivity index (χ3n) is 8.93. The summed E-state index contributed by atoms with van der Waals surface area (Å²) in [6, 6.07) is 0. The van der Waals surface area contributed by atoms with Crippen molar-refractivity contribution in [2.75, 3.05) is 26.4 Å². The summed E-state index contributed by atoms with van der Waals surface area (Å²) in [5, 5.41) is -4.86. The second-order valence-corrected chi connectivity index (χ2v) is 13.6. The Morgan fingerprint density at radius 3 is 1.69 bits per heavy atom. The van der Waals surface area contributed by atoms with Gasteiger partial charge in [-0.05, 0) is 38.0 Å². The molecule has 276 valence electrons. The Balaban J connectivity index is 1.55. The molecule has 0 radical (unpaired) electrons. The number of esters is 3. The Morgan fingerprint density at radius 1 is 0.750 bits per heavy atom. The SMILES string of the molecule is O=C(OCC(F)(F)S(=O)(=O)O)C12CC3CC(C1)C1(OCC(COC(=O)C(F)(F)C(F)(F)F)C(COC(=O)C(F)(F)C(F)(F)F)O1)C(C3)C2. The molecule has 0 amide bonds. The Hall–Kier alpha value is -2.60. The van der Waals surface area contributed by atoms with Gasteiger partial charge in [0.15, 0.2) is 12.4 Å². The van der Waals surface area contributed by atoms with Crippen molar-refractivity contribution in [3.05, 3.63) is 0 Å². The van der Waals surface area contributed by atoms with Gasteiger partial charge in [-0.3, -0.25) is 9.35 Å². The van der Waals surface area contributed by atoms with E-state index in [1.54, 1.807) is 0 Å². The zero-order valence-corrected chi connectivity index (χ0v) is 24.5. The normalized spacial score (nSPS) is 32.6. The maximum absolute atomic E-state index is 13.7. The first-order chi connectivity index (χ1) is 21.6. The average Bonchev–Trinajstić information content (AvgIpc) is 2.94. The van der Waals surface area contributed by atoms with E-state index in [4.69, 9.17) is 14.0 Å². The standard InChI is InChI=1S/C24H24F12O11S/c25-19(26,48(40,41)42)9-45-15(37)18-3-10-1-12(4-18)20(13(2-10)5-18)46-7-11(6-43-16(38)21(27,28)23(31,32)33)14(47-20)8-44-17(39)22(29,30)24(34,35)36/h10-14H,1-9H2,(H,40,41,42). The van der Waals surface area contributed by atoms with Crippen LogP contribution in [0.1, 0.15) is 32.1 Å². The first-order valence-corrected chi connectivity index (χ1v) is 15.1. The number of carbonyl (C=O) groups is 3. The fourth-order valence-electron chi connectivity index (χ4n) is 6.77. The molecule has 5 aliphatic rings. The molecule has 4 bridgehead atoms. The zero-order chi connectivity index (χ0) is 36.5. The van der Waals surface area contributed by atoms with E-state index in [1.165, 1.54) is 0 Å². The van der Waals surface area contributed by atoms with Crippen molar-refractivity contribution >= 4 is 28.0 Å². The monoisotopic (exact) mass is 748 g/mol. The second-order valence-electron chi connectivity index (χ2n) is 12.1. The van der Waals surface area contributed by atoms with Crippen LogP contribution in [0.4, 0.5) is 52.7 Å². The van der Waals surface area contributed by atoms with Crippen LogP contribution in [0.5, 0.6) is 0 Å². The number of carbonyl (C=O) groups excluding carboxylic acids is 3. The molecule has 1 saturated heterocycles. The van der Waals surface area contributed by atoms with Crippen LogP contribution < -0.4 is 0 Å². The number of alkyl halides is 12. The third-order valence-corrected chi connectivity index (χ3v) is 9.80. The molecule has 1 aliphatic heterocycles. The van der Waals surface area contributed by atoms with E-state index in [0.717, 1.165) is 0 Å². The Kier molecular flexibility index (Phi) is 9.57. The van der Waals surface area contributed by atoms with Crippen molar-refractivity contribution in [2.45, 2.75) is 73.4 Å². The second kappa shape index (κ2) is 12.0. The van der Waals surface area contributed by atoms with Gasteiger partial charge in [-0.15, -0.1) is 0 Å². The molecule has 5 rings (SSSR count). The predicted molar refractivity (Wildman–Crippen MR) is 124 cm³/mol. The van der Waals surface area contributed by atoms with Gasteiger partial charge in [0.05, 0.1) is 18.6 Å². The van der Waals surface area contributed by atoms with Gasteiger partial charge >= 0.3 is 57.5 Å². The number of halogens is 12. The zero-order valence-electron chi connectivity index (χ0n) is 23.7. The first-order valence-electron chi connectivity index (χ1n) is 13.7. The lowest BCUT2D eigenvalue weighted by Gasteiger charge is -2.65. The highest BCUT2D eigenvalue weighted by atomic mass is 32.2. The van der Waals surface area contributed by atoms with Gasteiger partial charge < -0.3 is 23.7 Å². The molecule has 0 aromatic rings. The van der Waals surface area contributed by atoms with Gasteiger partial charge in [-0.1, -0.05) is 0 Å². The maximum Gasteiger partial charge on any atom is 0.465 e. The molecule has 5 fully saturated rings. The molecule has 11 nitrogen and oxygen atoms in total. The molecule has 1 spiro atoms. The summed E-state index contributed by atoms with van der Waals surface area (Å²) in [5.41, 5.74) is -1.55. The number of ether oxygens (including phenoxy) is 5. The molecular formula is C24H24F12O11S. The molecule has 4 aliphatic carbocycles. The molecule has 24 heteroatoms. The molecule has 48 heavy (non-hydrogen) atoms. The van der Waals surface area contributed by atoms with Crippen LogP contribution in [0, 0.1) is 29.1 Å². The van der Waals surface area contributed by atoms with Crippen LogP contribution in [0.15, 0.2) is 0 Å². The van der Waals surface area contributed by atoms with Crippen LogP contribution in [0.3, 0.4) is 0 Å². The largest absolute Gasteiger partial charge is 0.465 e. The Morgan fingerprint density at radius 2 is 1.23 bits per heavy atom. The van der Waals surface area contributed by atoms with E-state index in [-0.39, 0.29) is 38.0 Å². The number of hydrogen-bond acceptors (Lipinski definition) is 10. The lowest BCUT2D eigenvalue weighted by Crippen LogP contribution is -2.68. The number of hydrogen-bond donors (Lipinski definition) is 1. The van der Waals surface area contributed by atoms with Crippen molar-refractivity contribution in [2.24, 2.45) is 29.1 Å². The van der Waals surface area contributed by atoms with Gasteiger partial charge in [0.2, 0.25) is 0 Å². The van der Waals surface area contributed by atoms with Crippen LogP contribution in [-0.4, -0.2) is 98.6 Å². The minimum Gasteiger partial charge on any atom is -0.460 e. The third kappa shape index (κ3) is 6.64. The minimum absolute atomic E-state index is 0.0475. The van der Waals surface area contributed by atoms with Gasteiger partial charge in [0.1, 0.15) is 12.7 Å². The van der Waals surface area contributed by atoms with E-state index < -0.39 is 119 Å². The average molecular weight is 748 g/mol. The van der Waals surface area contributed by atoms with Crippen molar-refractivity contribution in [3.63, 3.8) is 0 Å². The summed E-state index contributed by atoms with van der Waals surface area (Å²) in [5.74, 6) is -25.4. The van der Waals surface area contributed by atoms with E-state index in [0.29, 0.717) is 0 Å². The summed E-state index contributed by atoms with van der Waals surface area (Å²) in [7, 11) is -5.97. The summed E-state index contributed by atoms with van der Waals surface area (Å²) in [6.07, 6.45) is -15.0. The van der Waals surface area contributed by atoms with Crippen LogP contribution in [0.25, 0.3) is 0 Å². The summed E-state index contributed by atoms with van der Waals surface area (Å²) in [6.45, 7) is -5.78. The van der Waals surface area contributed by atoms with Crippen LogP contribution in [0.2, 0.25) is 0 Å². The summed E-state index contributed by atoms with van der Waals surface area (Å²) < 4.78 is 212. The predicted octanol–water partition coefficient (Wildman–Crippen LogP) is 4.05. The molecule has 1 heterocycles. The molecular weight excluding hydrogens is 724 g/mol. The minimum atomic E-state index is -6.42. The molecule has 4 unspecified atom stereocenters. The molecule has 0 aromatic heterocycles. The van der Waals surface area contributed by atoms with Crippen LogP contribution in [-0.2, 0) is 48.2 Å². The first kappa shape index (κ1) is 38.2. The van der Waals surface area contributed by atoms with E-state index in [1.807, 2.05) is 0 Å². The quantitative estimate of drug-likeness (QED) is 0.149. The van der Waals surface area contributed by atoms with E-state index in [9.17, 15) is 75.5 Å². The fourth-order valence-corrected chi connectivity index (χ4v) is 6.98. The van der Waals surface area contributed by atoms with Crippen molar-refractivity contribution in [3.8, 4) is 0 Å². The lowest BCUT2D eigenvalue weighted by molar-refractivity contribution is -0.397. The lowest BCUT2D eigenvalue weighted by atomic mass is 9.47. The van der Waals surface area contributed by atoms with Crippen LogP contribution >= 0.6 is 0 Å². The smallest absolute Gasteiger partial charge is 0.460 e. The molecule has 4 atom stereocenters. The topological polar surface area (TPSA) is 152 Å². The fraction of sp³-hybridized carbons (Fsp3) is 0.875. The van der Waals surface area contributed by atoms with Gasteiger partial charge in [0.25, 0.3) is 0 Å². The summed E-state index contributed by atoms with van der Waals surface area (Å²) in [4.78, 5) is 36.1. The Labute approximate surface area is 261 Å². The van der Waals surface area contributed by atoms with E-state index in [2.05, 4.69) is 14.2 Å². The maximum atomic E-state index is 13.7. The van der Waals surface area contributed by atoms with Gasteiger partial charge in [-0.25, -0.2) is 9.59 Å². The highest BCUT2D eigenvalue weighted by Crippen LogP contribution is 2.66. The summed E-state index contributed by atoms with van der Waals surface area (Å²) >= 11 is 0. The highest BCUT2D eigenvalue weighted by Gasteiger charge is 2.70. The Bertz CT molecular complexity index is 1380. The van der Waals surface area contributed by atoms with Gasteiger partial charge in [0, 0.05) is 17.8 Å². The highest BCUT2D eigenvalue weighted by molar-refractivity contribution is 7.86. The van der Waals surface area contributed by atoms with Gasteiger partial charge in [-0.2, -0.15) is 61.1 Å². The number of rotatable bonds is 10. The molecule has 0 aromatic carbocycles. The van der Waals surface area contributed by atoms with E-state index >= 15 is 0 Å². The van der Waals surface area contributed by atoms with Crippen molar-refractivity contribution in [1.82, 2.24) is 0 Å². The molecule has 1 N–H and O–H groups in total.